The molecule has 0 aliphatic rings. The predicted octanol–water partition coefficient (Wildman–Crippen LogP) is 8.41. The van der Waals surface area contributed by atoms with Gasteiger partial charge in [-0.05, 0) is 39.4 Å². The average molecular weight is 674 g/mol. The molecule has 8 rings (SSSR count). The minimum Gasteiger partial charge on any atom is -0.384 e. The van der Waals surface area contributed by atoms with Crippen LogP contribution in [-0.2, 0) is 11.1 Å². The maximum absolute atomic E-state index is 9.84. The van der Waals surface area contributed by atoms with Crippen LogP contribution in [0.3, 0.4) is 0 Å². The van der Waals surface area contributed by atoms with Crippen molar-refractivity contribution < 1.29 is 5.11 Å². The maximum atomic E-state index is 9.84. The molecule has 0 amide bonds. The molecule has 0 saturated carbocycles. The fraction of sp³-hybridized carbons (Fsp3) is 0.0652. The van der Waals surface area contributed by atoms with Gasteiger partial charge < -0.3 is 10.4 Å². The van der Waals surface area contributed by atoms with Gasteiger partial charge in [0, 0.05) is 0 Å². The van der Waals surface area contributed by atoms with Crippen molar-refractivity contribution >= 4 is 17.0 Å². The number of nitrogens with one attached hydrogen (secondary N) is 1. The number of hydrogen-bond donors (Lipinski definition) is 2. The molecule has 0 bridgehead atoms. The van der Waals surface area contributed by atoms with Crippen LogP contribution in [0.25, 0.3) is 11.2 Å². The van der Waals surface area contributed by atoms with E-state index in [-0.39, 0.29) is 6.61 Å². The average Bonchev–Trinajstić information content (AvgIpc) is 3.66. The third-order valence-electron chi connectivity index (χ3n) is 9.54. The Labute approximate surface area is 303 Å². The van der Waals surface area contributed by atoms with Gasteiger partial charge in [0.1, 0.15) is 29.0 Å². The Bertz CT molecular complexity index is 2270. The van der Waals surface area contributed by atoms with E-state index < -0.39 is 11.1 Å². The van der Waals surface area contributed by atoms with Crippen LogP contribution in [0.5, 0.6) is 0 Å². The molecule has 2 aromatic heterocycles. The molecule has 0 fully saturated rings. The minimum atomic E-state index is -0.957. The first-order chi connectivity index (χ1) is 25.7. The zero-order valence-electron chi connectivity index (χ0n) is 28.3. The molecule has 0 aliphatic carbocycles. The second-order valence-corrected chi connectivity index (χ2v) is 12.5. The summed E-state index contributed by atoms with van der Waals surface area (Å²) in [6.07, 6.45) is 0. The summed E-state index contributed by atoms with van der Waals surface area (Å²) in [6, 6.07) is 64.1. The van der Waals surface area contributed by atoms with Gasteiger partial charge in [0.15, 0.2) is 5.65 Å². The highest BCUT2D eigenvalue weighted by atomic mass is 16.2. The molecule has 0 spiro atoms. The van der Waals surface area contributed by atoms with Crippen molar-refractivity contribution in [1.82, 2.24) is 20.0 Å². The molecule has 2 heterocycles. The topological polar surface area (TPSA) is 75.9 Å². The molecule has 250 valence electrons. The van der Waals surface area contributed by atoms with Crippen molar-refractivity contribution in [3.63, 3.8) is 0 Å². The summed E-state index contributed by atoms with van der Waals surface area (Å²) in [5, 5.41) is 23.5. The third kappa shape index (κ3) is 5.60. The lowest BCUT2D eigenvalue weighted by molar-refractivity contribution is 0.350. The first-order valence-electron chi connectivity index (χ1n) is 17.2. The van der Waals surface area contributed by atoms with Crippen LogP contribution < -0.4 is 5.32 Å². The molecule has 6 aromatic carbocycles. The second-order valence-electron chi connectivity index (χ2n) is 12.5. The Hall–Kier alpha value is -6.81. The van der Waals surface area contributed by atoms with Gasteiger partial charge in [-0.2, -0.15) is 0 Å². The van der Waals surface area contributed by atoms with Gasteiger partial charge in [0.2, 0.25) is 0 Å². The number of anilines is 1. The van der Waals surface area contributed by atoms with Crippen LogP contribution in [-0.4, -0.2) is 31.7 Å². The molecule has 0 unspecified atom stereocenters. The van der Waals surface area contributed by atoms with Gasteiger partial charge in [-0.25, -0.2) is 9.67 Å². The van der Waals surface area contributed by atoms with Crippen LogP contribution in [0.4, 0.5) is 5.82 Å². The standard InChI is InChI=1S/C46H35N5O/c52-33-19-20-35-34-42(48-45(36-21-7-1-8-22-36,37-23-9-2-10-24-37)38-25-11-3-12-26-38)47-44-43(35)49-50-51(44)46(39-27-13-4-14-28-39,40-29-15-5-16-30-40)41-31-17-6-18-32-41/h1-18,21-32,34,52H,33H2,(H,47,48). The summed E-state index contributed by atoms with van der Waals surface area (Å²) >= 11 is 0. The van der Waals surface area contributed by atoms with Crippen molar-refractivity contribution in [1.29, 1.82) is 0 Å². The number of benzene rings is 6. The minimum absolute atomic E-state index is 0.301. The summed E-state index contributed by atoms with van der Waals surface area (Å²) in [4.78, 5) is 5.40. The summed E-state index contributed by atoms with van der Waals surface area (Å²) in [7, 11) is 0. The maximum Gasteiger partial charge on any atom is 0.183 e. The zero-order valence-corrected chi connectivity index (χ0v) is 28.3. The van der Waals surface area contributed by atoms with E-state index >= 15 is 0 Å². The molecular weight excluding hydrogens is 639 g/mol. The van der Waals surface area contributed by atoms with Crippen molar-refractivity contribution in [2.24, 2.45) is 0 Å². The highest BCUT2D eigenvalue weighted by Gasteiger charge is 2.42. The molecule has 0 atom stereocenters. The normalized spacial score (nSPS) is 11.5. The Balaban J connectivity index is 1.46. The number of aromatic nitrogens is 4. The number of nitrogens with zero attached hydrogens (tertiary/aromatic N) is 4. The van der Waals surface area contributed by atoms with E-state index in [4.69, 9.17) is 15.3 Å². The summed E-state index contributed by atoms with van der Waals surface area (Å²) in [5.74, 6) is 6.60. The lowest BCUT2D eigenvalue weighted by Gasteiger charge is -2.38. The number of aliphatic hydroxyl groups is 1. The van der Waals surface area contributed by atoms with Crippen LogP contribution in [0.2, 0.25) is 0 Å². The Morgan fingerprint density at radius 2 is 0.923 bits per heavy atom. The van der Waals surface area contributed by atoms with Gasteiger partial charge >= 0.3 is 0 Å². The van der Waals surface area contributed by atoms with Crippen LogP contribution >= 0.6 is 0 Å². The van der Waals surface area contributed by atoms with E-state index in [0.717, 1.165) is 33.4 Å². The molecular formula is C46H35N5O. The Morgan fingerprint density at radius 1 is 0.538 bits per heavy atom. The van der Waals surface area contributed by atoms with Crippen LogP contribution in [0, 0.1) is 11.8 Å². The van der Waals surface area contributed by atoms with Gasteiger partial charge in [0.25, 0.3) is 0 Å². The zero-order chi connectivity index (χ0) is 35.2. The number of rotatable bonds is 9. The largest absolute Gasteiger partial charge is 0.384 e. The Morgan fingerprint density at radius 3 is 1.31 bits per heavy atom. The summed E-state index contributed by atoms with van der Waals surface area (Å²) < 4.78 is 1.92. The smallest absolute Gasteiger partial charge is 0.183 e. The lowest BCUT2D eigenvalue weighted by Crippen LogP contribution is -2.39. The van der Waals surface area contributed by atoms with Crippen molar-refractivity contribution in [3.05, 3.63) is 227 Å². The Kier molecular flexibility index (Phi) is 8.85. The number of hydrogen-bond acceptors (Lipinski definition) is 5. The quantitative estimate of drug-likeness (QED) is 0.119. The van der Waals surface area contributed by atoms with Crippen molar-refractivity contribution in [2.45, 2.75) is 11.1 Å². The fourth-order valence-electron chi connectivity index (χ4n) is 7.30. The van der Waals surface area contributed by atoms with Gasteiger partial charge in [-0.3, -0.25) is 0 Å². The summed E-state index contributed by atoms with van der Waals surface area (Å²) in [5.41, 5.74) is 5.96. The van der Waals surface area contributed by atoms with E-state index in [2.05, 4.69) is 126 Å². The van der Waals surface area contributed by atoms with Gasteiger partial charge in [-0.1, -0.05) is 199 Å². The number of aliphatic hydroxyl groups excluding tert-OH is 1. The van der Waals surface area contributed by atoms with Crippen LogP contribution in [0.1, 0.15) is 38.9 Å². The predicted molar refractivity (Wildman–Crippen MR) is 207 cm³/mol. The molecule has 8 aromatic rings. The fourth-order valence-corrected chi connectivity index (χ4v) is 7.30. The molecule has 0 saturated heterocycles. The van der Waals surface area contributed by atoms with Crippen LogP contribution in [0.15, 0.2) is 188 Å². The van der Waals surface area contributed by atoms with Crippen molar-refractivity contribution in [3.8, 4) is 11.8 Å². The van der Waals surface area contributed by atoms with E-state index in [9.17, 15) is 5.11 Å². The third-order valence-corrected chi connectivity index (χ3v) is 9.54. The molecule has 0 radical (unpaired) electrons. The molecule has 6 heteroatoms. The SMILES string of the molecule is OCC#Cc1cc(NC(c2ccccc2)(c2ccccc2)c2ccccc2)nc2c1nnn2C(c1ccccc1)(c1ccccc1)c1ccccc1. The first-order valence-corrected chi connectivity index (χ1v) is 17.2. The number of pyridine rings is 1. The number of fused-ring (bicyclic) bond motifs is 1. The van der Waals surface area contributed by atoms with E-state index in [1.54, 1.807) is 0 Å². The monoisotopic (exact) mass is 673 g/mol. The summed E-state index contributed by atoms with van der Waals surface area (Å²) in [6.45, 7) is -0.301. The second kappa shape index (κ2) is 14.2. The molecule has 52 heavy (non-hydrogen) atoms. The highest BCUT2D eigenvalue weighted by Crippen LogP contribution is 2.43. The van der Waals surface area contributed by atoms with Crippen molar-refractivity contribution in [2.75, 3.05) is 11.9 Å². The molecule has 0 aliphatic heterocycles. The van der Waals surface area contributed by atoms with Gasteiger partial charge in [-0.15, -0.1) is 5.10 Å². The first kappa shape index (κ1) is 32.4. The molecule has 2 N–H and O–H groups in total. The lowest BCUT2D eigenvalue weighted by atomic mass is 9.77. The highest BCUT2D eigenvalue weighted by molar-refractivity contribution is 5.82. The van der Waals surface area contributed by atoms with E-state index in [0.29, 0.717) is 22.5 Å². The molecule has 6 nitrogen and oxygen atoms in total. The van der Waals surface area contributed by atoms with E-state index in [1.807, 2.05) is 83.5 Å². The van der Waals surface area contributed by atoms with E-state index in [1.165, 1.54) is 0 Å². The van der Waals surface area contributed by atoms with Gasteiger partial charge in [0.05, 0.1) is 5.56 Å².